The number of rotatable bonds is 5. The van der Waals surface area contributed by atoms with Gasteiger partial charge in [0, 0.05) is 5.41 Å². The van der Waals surface area contributed by atoms with E-state index in [9.17, 15) is 0 Å². The smallest absolute Gasteiger partial charge is 0.0127 e. The van der Waals surface area contributed by atoms with Crippen LogP contribution in [0.25, 0.3) is 0 Å². The summed E-state index contributed by atoms with van der Waals surface area (Å²) in [6.45, 7) is 23.4. The summed E-state index contributed by atoms with van der Waals surface area (Å²) in [5, 5.41) is 0. The Morgan fingerprint density at radius 1 is 1.12 bits per heavy atom. The fourth-order valence-electron chi connectivity index (χ4n) is 2.38. The molecule has 0 spiro atoms. The Bertz CT molecular complexity index is 373. The van der Waals surface area contributed by atoms with Crippen molar-refractivity contribution in [1.82, 2.24) is 0 Å². The second kappa shape index (κ2) is 6.05. The van der Waals surface area contributed by atoms with E-state index in [2.05, 4.69) is 61.6 Å². The van der Waals surface area contributed by atoms with Crippen LogP contribution in [0.3, 0.4) is 0 Å². The molecule has 0 aliphatic carbocycles. The van der Waals surface area contributed by atoms with Gasteiger partial charge in [0.05, 0.1) is 0 Å². The van der Waals surface area contributed by atoms with E-state index in [0.717, 1.165) is 6.42 Å². The highest BCUT2D eigenvalue weighted by Gasteiger charge is 2.30. The SMILES string of the molecule is C=C/C(C)=C(/C)C(=C(C)C)C(C)(CC)C(=C)C. The third-order valence-corrected chi connectivity index (χ3v) is 3.97. The van der Waals surface area contributed by atoms with Crippen molar-refractivity contribution < 1.29 is 0 Å². The average Bonchev–Trinajstić information content (AvgIpc) is 2.26. The molecule has 0 heterocycles. The van der Waals surface area contributed by atoms with Gasteiger partial charge in [0.1, 0.15) is 0 Å². The minimum Gasteiger partial charge on any atom is -0.0993 e. The lowest BCUT2D eigenvalue weighted by atomic mass is 9.69. The van der Waals surface area contributed by atoms with Crippen LogP contribution in [0.1, 0.15) is 54.9 Å². The van der Waals surface area contributed by atoms with E-state index in [1.165, 1.54) is 27.9 Å². The van der Waals surface area contributed by atoms with Crippen LogP contribution < -0.4 is 0 Å². The molecule has 0 aromatic carbocycles. The first-order chi connectivity index (χ1) is 7.72. The molecule has 0 saturated carbocycles. The molecule has 0 heteroatoms. The largest absolute Gasteiger partial charge is 0.0993 e. The summed E-state index contributed by atoms with van der Waals surface area (Å²) in [5.74, 6) is 0. The molecule has 96 valence electrons. The fourth-order valence-corrected chi connectivity index (χ4v) is 2.38. The van der Waals surface area contributed by atoms with Crippen molar-refractivity contribution >= 4 is 0 Å². The van der Waals surface area contributed by atoms with Gasteiger partial charge in [0.25, 0.3) is 0 Å². The number of allylic oxidation sites excluding steroid dienone is 6. The van der Waals surface area contributed by atoms with Gasteiger partial charge in [0.15, 0.2) is 0 Å². The Kier molecular flexibility index (Phi) is 5.68. The van der Waals surface area contributed by atoms with E-state index >= 15 is 0 Å². The summed E-state index contributed by atoms with van der Waals surface area (Å²) in [6, 6.07) is 0. The van der Waals surface area contributed by atoms with Gasteiger partial charge in [0.2, 0.25) is 0 Å². The monoisotopic (exact) mass is 232 g/mol. The van der Waals surface area contributed by atoms with Crippen LogP contribution in [0.15, 0.2) is 47.1 Å². The quantitative estimate of drug-likeness (QED) is 0.413. The van der Waals surface area contributed by atoms with Crippen LogP contribution in [0.4, 0.5) is 0 Å². The minimum absolute atomic E-state index is 0.0627. The predicted molar refractivity (Wildman–Crippen MR) is 80.2 cm³/mol. The molecule has 17 heavy (non-hydrogen) atoms. The zero-order chi connectivity index (χ0) is 13.8. The molecular formula is C17H28. The zero-order valence-electron chi connectivity index (χ0n) is 12.7. The predicted octanol–water partition coefficient (Wildman–Crippen LogP) is 5.84. The minimum atomic E-state index is 0.0627. The van der Waals surface area contributed by atoms with E-state index in [4.69, 9.17) is 0 Å². The topological polar surface area (TPSA) is 0 Å². The molecule has 1 unspecified atom stereocenters. The van der Waals surface area contributed by atoms with Crippen LogP contribution in [0, 0.1) is 5.41 Å². The molecule has 0 N–H and O–H groups in total. The first-order valence-electron chi connectivity index (χ1n) is 6.36. The Balaban J connectivity index is 6.00. The van der Waals surface area contributed by atoms with Gasteiger partial charge < -0.3 is 0 Å². The molecule has 0 rings (SSSR count). The van der Waals surface area contributed by atoms with E-state index in [-0.39, 0.29) is 5.41 Å². The van der Waals surface area contributed by atoms with Crippen molar-refractivity contribution in [3.8, 4) is 0 Å². The Morgan fingerprint density at radius 3 is 1.82 bits per heavy atom. The fraction of sp³-hybridized carbons (Fsp3) is 0.529. The molecule has 0 aromatic rings. The maximum absolute atomic E-state index is 4.19. The first-order valence-corrected chi connectivity index (χ1v) is 6.36. The number of hydrogen-bond donors (Lipinski definition) is 0. The lowest BCUT2D eigenvalue weighted by molar-refractivity contribution is 0.463. The van der Waals surface area contributed by atoms with Crippen molar-refractivity contribution in [3.63, 3.8) is 0 Å². The highest BCUT2D eigenvalue weighted by molar-refractivity contribution is 5.46. The van der Waals surface area contributed by atoms with Crippen LogP contribution in [0.2, 0.25) is 0 Å². The maximum Gasteiger partial charge on any atom is 0.0127 e. The van der Waals surface area contributed by atoms with Crippen LogP contribution in [0.5, 0.6) is 0 Å². The Labute approximate surface area is 108 Å². The maximum atomic E-state index is 4.19. The lowest BCUT2D eigenvalue weighted by Gasteiger charge is -2.35. The van der Waals surface area contributed by atoms with Gasteiger partial charge in [-0.15, -0.1) is 0 Å². The highest BCUT2D eigenvalue weighted by Crippen LogP contribution is 2.43. The van der Waals surface area contributed by atoms with Gasteiger partial charge in [-0.25, -0.2) is 0 Å². The Morgan fingerprint density at radius 2 is 1.59 bits per heavy atom. The third-order valence-electron chi connectivity index (χ3n) is 3.97. The summed E-state index contributed by atoms with van der Waals surface area (Å²) >= 11 is 0. The second-order valence-electron chi connectivity index (χ2n) is 5.35. The standard InChI is InChI=1S/C17H28/c1-10-14(7)15(8)16(12(3)4)17(9,11-2)13(5)6/h10H,1,5,11H2,2-4,6-9H3/b15-14-. The van der Waals surface area contributed by atoms with Crippen molar-refractivity contribution in [2.24, 2.45) is 5.41 Å². The molecular weight excluding hydrogens is 204 g/mol. The third kappa shape index (κ3) is 3.21. The summed E-state index contributed by atoms with van der Waals surface area (Å²) < 4.78 is 0. The highest BCUT2D eigenvalue weighted by atomic mass is 14.3. The average molecular weight is 232 g/mol. The Hall–Kier alpha value is -1.04. The summed E-state index contributed by atoms with van der Waals surface area (Å²) in [7, 11) is 0. The van der Waals surface area contributed by atoms with Crippen LogP contribution in [-0.2, 0) is 0 Å². The molecule has 0 fully saturated rings. The van der Waals surface area contributed by atoms with Gasteiger partial charge in [-0.2, -0.15) is 0 Å². The molecule has 0 aliphatic rings. The van der Waals surface area contributed by atoms with Crippen molar-refractivity contribution in [3.05, 3.63) is 47.1 Å². The molecule has 0 aromatic heterocycles. The van der Waals surface area contributed by atoms with Crippen molar-refractivity contribution in [2.75, 3.05) is 0 Å². The summed E-state index contributed by atoms with van der Waals surface area (Å²) in [5.41, 5.74) is 6.68. The van der Waals surface area contributed by atoms with E-state index < -0.39 is 0 Å². The second-order valence-corrected chi connectivity index (χ2v) is 5.35. The van der Waals surface area contributed by atoms with Crippen molar-refractivity contribution in [1.29, 1.82) is 0 Å². The molecule has 0 bridgehead atoms. The normalized spacial score (nSPS) is 15.7. The van der Waals surface area contributed by atoms with E-state index in [1.807, 2.05) is 6.08 Å². The van der Waals surface area contributed by atoms with Crippen LogP contribution in [-0.4, -0.2) is 0 Å². The summed E-state index contributed by atoms with van der Waals surface area (Å²) in [6.07, 6.45) is 3.01. The van der Waals surface area contributed by atoms with Gasteiger partial charge in [-0.05, 0) is 57.8 Å². The zero-order valence-corrected chi connectivity index (χ0v) is 12.7. The van der Waals surface area contributed by atoms with Gasteiger partial charge in [-0.1, -0.05) is 44.2 Å². The molecule has 1 atom stereocenters. The molecule has 0 aliphatic heterocycles. The molecule has 0 saturated heterocycles. The molecule has 0 nitrogen and oxygen atoms in total. The summed E-state index contributed by atoms with van der Waals surface area (Å²) in [4.78, 5) is 0. The van der Waals surface area contributed by atoms with E-state index in [1.54, 1.807) is 0 Å². The molecule has 0 amide bonds. The lowest BCUT2D eigenvalue weighted by Crippen LogP contribution is -2.22. The number of hydrogen-bond acceptors (Lipinski definition) is 0. The van der Waals surface area contributed by atoms with Crippen LogP contribution >= 0.6 is 0 Å². The van der Waals surface area contributed by atoms with Gasteiger partial charge in [-0.3, -0.25) is 0 Å². The molecule has 0 radical (unpaired) electrons. The van der Waals surface area contributed by atoms with Gasteiger partial charge >= 0.3 is 0 Å². The van der Waals surface area contributed by atoms with E-state index in [0.29, 0.717) is 0 Å². The van der Waals surface area contributed by atoms with Crippen molar-refractivity contribution in [2.45, 2.75) is 54.9 Å². The first kappa shape index (κ1) is 16.0.